The first-order chi connectivity index (χ1) is 16.9. The zero-order valence-electron chi connectivity index (χ0n) is 20.9. The molecule has 2 aliphatic carbocycles. The first kappa shape index (κ1) is 22.4. The Hall–Kier alpha value is -3.07. The van der Waals surface area contributed by atoms with Crippen molar-refractivity contribution >= 4 is 11.7 Å². The number of hydrogen-bond acceptors (Lipinski definition) is 6. The van der Waals surface area contributed by atoms with Crippen LogP contribution in [0.4, 0.5) is 5.82 Å². The fourth-order valence-electron chi connectivity index (χ4n) is 5.96. The number of aromatic nitrogens is 6. The van der Waals surface area contributed by atoms with Crippen molar-refractivity contribution in [3.05, 3.63) is 42.2 Å². The van der Waals surface area contributed by atoms with E-state index in [-0.39, 0.29) is 30.0 Å². The molecule has 3 aromatic heterocycles. The maximum Gasteiger partial charge on any atom is 0.234 e. The summed E-state index contributed by atoms with van der Waals surface area (Å²) in [6.45, 7) is 8.94. The lowest BCUT2D eigenvalue weighted by Gasteiger charge is -2.45. The lowest BCUT2D eigenvalue weighted by molar-refractivity contribution is -0.127. The predicted molar refractivity (Wildman–Crippen MR) is 133 cm³/mol. The molecule has 1 amide bonds. The number of nitrogens with zero attached hydrogens (tertiary/aromatic N) is 7. The van der Waals surface area contributed by atoms with E-state index in [2.05, 4.69) is 56.6 Å². The van der Waals surface area contributed by atoms with Crippen LogP contribution >= 0.6 is 0 Å². The van der Waals surface area contributed by atoms with Gasteiger partial charge in [-0.1, -0.05) is 13.0 Å². The molecule has 9 nitrogen and oxygen atoms in total. The van der Waals surface area contributed by atoms with Crippen LogP contribution in [0.1, 0.15) is 76.0 Å². The second kappa shape index (κ2) is 8.55. The van der Waals surface area contributed by atoms with E-state index < -0.39 is 0 Å². The molecule has 4 heterocycles. The number of aryl methyl sites for hydroxylation is 1. The van der Waals surface area contributed by atoms with Gasteiger partial charge in [-0.2, -0.15) is 0 Å². The first-order valence-corrected chi connectivity index (χ1v) is 12.9. The molecular weight excluding hydrogens is 440 g/mol. The summed E-state index contributed by atoms with van der Waals surface area (Å²) in [5.74, 6) is 3.43. The standard InChI is InChI=1S/C26H34N8O/c1-15(2)34-17(4)30-31-25(34)20-6-5-7-24(29-20)33-14-28-21-10-16(3)23(11-19(21)26(33)35)32-12-22(27-13-32)18-8-9-18/h5-7,12-13,15-16,18-19,21,23,28H,8-11,14H2,1-4H3. The van der Waals surface area contributed by atoms with Crippen LogP contribution in [-0.4, -0.2) is 47.9 Å². The molecular formula is C26H34N8O. The normalized spacial score (nSPS) is 26.9. The van der Waals surface area contributed by atoms with Crippen molar-refractivity contribution in [2.24, 2.45) is 11.8 Å². The Balaban J connectivity index is 1.25. The molecule has 35 heavy (non-hydrogen) atoms. The maximum absolute atomic E-state index is 13.8. The fourth-order valence-corrected chi connectivity index (χ4v) is 5.96. The van der Waals surface area contributed by atoms with Gasteiger partial charge in [0.05, 0.1) is 24.6 Å². The summed E-state index contributed by atoms with van der Waals surface area (Å²) in [5, 5.41) is 12.3. The number of rotatable bonds is 5. The number of amides is 1. The SMILES string of the molecule is Cc1nnc(-c2cccc(N3CNC4CC(C)C(n5cnc(C6CC6)c5)CC4C3=O)n2)n1C(C)C. The highest BCUT2D eigenvalue weighted by Gasteiger charge is 2.44. The van der Waals surface area contributed by atoms with Gasteiger partial charge in [0.2, 0.25) is 5.91 Å². The van der Waals surface area contributed by atoms with Crippen molar-refractivity contribution in [1.29, 1.82) is 0 Å². The molecule has 3 fully saturated rings. The van der Waals surface area contributed by atoms with Crippen molar-refractivity contribution in [3.8, 4) is 11.5 Å². The Bertz CT molecular complexity index is 1240. The van der Waals surface area contributed by atoms with E-state index in [1.165, 1.54) is 18.5 Å². The molecule has 2 saturated carbocycles. The summed E-state index contributed by atoms with van der Waals surface area (Å²) in [6.07, 6.45) is 8.49. The Morgan fingerprint density at radius 2 is 1.97 bits per heavy atom. The van der Waals surface area contributed by atoms with Crippen LogP contribution in [0.25, 0.3) is 11.5 Å². The summed E-state index contributed by atoms with van der Waals surface area (Å²) >= 11 is 0. The molecule has 3 aliphatic rings. The number of pyridine rings is 1. The molecule has 4 atom stereocenters. The second-order valence-corrected chi connectivity index (χ2v) is 10.8. The Morgan fingerprint density at radius 1 is 1.14 bits per heavy atom. The molecule has 3 aromatic rings. The lowest BCUT2D eigenvalue weighted by Crippen LogP contribution is -2.60. The molecule has 0 radical (unpaired) electrons. The van der Waals surface area contributed by atoms with Crippen LogP contribution in [0.5, 0.6) is 0 Å². The van der Waals surface area contributed by atoms with Gasteiger partial charge in [0.1, 0.15) is 17.3 Å². The minimum Gasteiger partial charge on any atom is -0.334 e. The van der Waals surface area contributed by atoms with Crippen molar-refractivity contribution in [2.45, 2.75) is 77.4 Å². The van der Waals surface area contributed by atoms with Crippen LogP contribution in [0.15, 0.2) is 30.7 Å². The minimum absolute atomic E-state index is 0.0799. The van der Waals surface area contributed by atoms with Crippen molar-refractivity contribution in [2.75, 3.05) is 11.6 Å². The second-order valence-electron chi connectivity index (χ2n) is 10.8. The number of nitrogens with one attached hydrogen (secondary N) is 1. The molecule has 184 valence electrons. The van der Waals surface area contributed by atoms with Crippen LogP contribution in [0.2, 0.25) is 0 Å². The molecule has 1 saturated heterocycles. The average Bonchev–Trinajstić information content (AvgIpc) is 3.44. The van der Waals surface area contributed by atoms with E-state index in [0.717, 1.165) is 30.2 Å². The lowest BCUT2D eigenvalue weighted by atomic mass is 9.74. The Labute approximate surface area is 206 Å². The van der Waals surface area contributed by atoms with E-state index in [1.807, 2.05) is 31.5 Å². The Morgan fingerprint density at radius 3 is 2.74 bits per heavy atom. The van der Waals surface area contributed by atoms with Gasteiger partial charge < -0.3 is 9.13 Å². The third kappa shape index (κ3) is 3.95. The number of anilines is 1. The highest BCUT2D eigenvalue weighted by atomic mass is 16.2. The van der Waals surface area contributed by atoms with Crippen molar-refractivity contribution < 1.29 is 4.79 Å². The minimum atomic E-state index is -0.0799. The molecule has 6 rings (SSSR count). The topological polar surface area (TPSA) is 93.8 Å². The van der Waals surface area contributed by atoms with Crippen LogP contribution in [0.3, 0.4) is 0 Å². The van der Waals surface area contributed by atoms with Gasteiger partial charge >= 0.3 is 0 Å². The molecule has 0 aromatic carbocycles. The predicted octanol–water partition coefficient (Wildman–Crippen LogP) is 3.85. The molecule has 1 N–H and O–H groups in total. The van der Waals surface area contributed by atoms with Gasteiger partial charge in [0, 0.05) is 30.2 Å². The third-order valence-corrected chi connectivity index (χ3v) is 7.98. The molecule has 0 spiro atoms. The Kier molecular flexibility index (Phi) is 5.47. The maximum atomic E-state index is 13.8. The quantitative estimate of drug-likeness (QED) is 0.604. The van der Waals surface area contributed by atoms with Gasteiger partial charge in [-0.3, -0.25) is 15.0 Å². The van der Waals surface area contributed by atoms with Gasteiger partial charge in [0.25, 0.3) is 0 Å². The fraction of sp³-hybridized carbons (Fsp3) is 0.577. The zero-order chi connectivity index (χ0) is 24.3. The number of imidazole rings is 1. The summed E-state index contributed by atoms with van der Waals surface area (Å²) in [4.78, 5) is 25.1. The van der Waals surface area contributed by atoms with Crippen LogP contribution in [-0.2, 0) is 4.79 Å². The van der Waals surface area contributed by atoms with Gasteiger partial charge in [-0.15, -0.1) is 10.2 Å². The molecule has 1 aliphatic heterocycles. The monoisotopic (exact) mass is 474 g/mol. The number of carbonyl (C=O) groups excluding carboxylic acids is 1. The summed E-state index contributed by atoms with van der Waals surface area (Å²) in [6, 6.07) is 6.50. The van der Waals surface area contributed by atoms with E-state index in [9.17, 15) is 4.79 Å². The number of hydrogen-bond donors (Lipinski definition) is 1. The highest BCUT2D eigenvalue weighted by Crippen LogP contribution is 2.43. The third-order valence-electron chi connectivity index (χ3n) is 7.98. The van der Waals surface area contributed by atoms with Crippen molar-refractivity contribution in [1.82, 2.24) is 34.6 Å². The van der Waals surface area contributed by atoms with E-state index in [0.29, 0.717) is 24.3 Å². The molecule has 4 unspecified atom stereocenters. The van der Waals surface area contributed by atoms with Gasteiger partial charge in [-0.05, 0) is 64.5 Å². The van der Waals surface area contributed by atoms with Gasteiger partial charge in [0.15, 0.2) is 5.82 Å². The van der Waals surface area contributed by atoms with Crippen molar-refractivity contribution in [3.63, 3.8) is 0 Å². The molecule has 9 heteroatoms. The number of carbonyl (C=O) groups is 1. The zero-order valence-corrected chi connectivity index (χ0v) is 20.9. The average molecular weight is 475 g/mol. The largest absolute Gasteiger partial charge is 0.334 e. The molecule has 0 bridgehead atoms. The highest BCUT2D eigenvalue weighted by molar-refractivity contribution is 5.95. The number of fused-ring (bicyclic) bond motifs is 1. The summed E-state index contributed by atoms with van der Waals surface area (Å²) < 4.78 is 4.34. The van der Waals surface area contributed by atoms with Gasteiger partial charge in [-0.25, -0.2) is 9.97 Å². The smallest absolute Gasteiger partial charge is 0.234 e. The summed E-state index contributed by atoms with van der Waals surface area (Å²) in [7, 11) is 0. The first-order valence-electron chi connectivity index (χ1n) is 12.9. The van der Waals surface area contributed by atoms with E-state index in [4.69, 9.17) is 4.98 Å². The van der Waals surface area contributed by atoms with E-state index in [1.54, 1.807) is 4.90 Å². The van der Waals surface area contributed by atoms with E-state index >= 15 is 0 Å². The van der Waals surface area contributed by atoms with Crippen LogP contribution in [0, 0.1) is 18.8 Å². The summed E-state index contributed by atoms with van der Waals surface area (Å²) in [5.41, 5.74) is 1.94. The van der Waals surface area contributed by atoms with Crippen LogP contribution < -0.4 is 10.2 Å².